The SMILES string of the molecule is C[C@@H](C[C@H](c1ccccc1)S(=O)(=O)[O-])NC(=O)OC(C)(C)C. The van der Waals surface area contributed by atoms with Crippen LogP contribution in [-0.2, 0) is 14.9 Å². The Kier molecular flexibility index (Phi) is 5.96. The predicted octanol–water partition coefficient (Wildman–Crippen LogP) is 2.58. The molecule has 7 heteroatoms. The van der Waals surface area contributed by atoms with Crippen LogP contribution in [0, 0.1) is 0 Å². The number of hydrogen-bond acceptors (Lipinski definition) is 5. The van der Waals surface area contributed by atoms with E-state index < -0.39 is 33.1 Å². The number of carbonyl (C=O) groups is 1. The van der Waals surface area contributed by atoms with E-state index in [1.165, 1.54) is 0 Å². The third kappa shape index (κ3) is 6.44. The largest absolute Gasteiger partial charge is 0.747 e. The minimum Gasteiger partial charge on any atom is -0.747 e. The lowest BCUT2D eigenvalue weighted by Crippen LogP contribution is -2.39. The normalized spacial score (nSPS) is 15.0. The van der Waals surface area contributed by atoms with Crippen LogP contribution in [0.4, 0.5) is 4.79 Å². The Morgan fingerprint density at radius 3 is 2.27 bits per heavy atom. The first-order valence-electron chi connectivity index (χ1n) is 6.98. The summed E-state index contributed by atoms with van der Waals surface area (Å²) < 4.78 is 39.6. The van der Waals surface area contributed by atoms with Crippen LogP contribution < -0.4 is 5.32 Å². The summed E-state index contributed by atoms with van der Waals surface area (Å²) in [5.41, 5.74) is -0.233. The van der Waals surface area contributed by atoms with Crippen molar-refractivity contribution in [1.29, 1.82) is 0 Å². The molecule has 2 atom stereocenters. The highest BCUT2D eigenvalue weighted by Crippen LogP contribution is 2.26. The van der Waals surface area contributed by atoms with Gasteiger partial charge >= 0.3 is 6.09 Å². The third-order valence-electron chi connectivity index (χ3n) is 2.85. The lowest BCUT2D eigenvalue weighted by molar-refractivity contribution is 0.0505. The van der Waals surface area contributed by atoms with Gasteiger partial charge in [-0.3, -0.25) is 0 Å². The molecule has 0 saturated carbocycles. The van der Waals surface area contributed by atoms with Gasteiger partial charge in [-0.2, -0.15) is 0 Å². The zero-order valence-corrected chi connectivity index (χ0v) is 14.0. The Bertz CT molecular complexity index is 592. The standard InChI is InChI=1S/C15H23NO5S/c1-11(16-14(17)21-15(2,3)4)10-13(22(18,19)20)12-8-6-5-7-9-12/h5-9,11,13H,10H2,1-4H3,(H,16,17)(H,18,19,20)/p-1/t11-,13+/m0/s1. The zero-order chi connectivity index (χ0) is 17.0. The van der Waals surface area contributed by atoms with Gasteiger partial charge in [0.25, 0.3) is 0 Å². The highest BCUT2D eigenvalue weighted by Gasteiger charge is 2.24. The molecular formula is C15H22NO5S-. The van der Waals surface area contributed by atoms with Crippen LogP contribution in [0.1, 0.15) is 44.9 Å². The fourth-order valence-electron chi connectivity index (χ4n) is 1.98. The molecule has 0 heterocycles. The van der Waals surface area contributed by atoms with Crippen molar-refractivity contribution in [3.05, 3.63) is 35.9 Å². The summed E-state index contributed by atoms with van der Waals surface area (Å²) in [5.74, 6) is 0. The fourth-order valence-corrected chi connectivity index (χ4v) is 2.99. The molecule has 6 nitrogen and oxygen atoms in total. The van der Waals surface area contributed by atoms with Crippen molar-refractivity contribution in [3.8, 4) is 0 Å². The second kappa shape index (κ2) is 7.11. The molecule has 0 radical (unpaired) electrons. The average Bonchev–Trinajstić information content (AvgIpc) is 2.33. The van der Waals surface area contributed by atoms with Crippen LogP contribution in [0.3, 0.4) is 0 Å². The Labute approximate surface area is 131 Å². The van der Waals surface area contributed by atoms with Crippen molar-refractivity contribution in [2.24, 2.45) is 0 Å². The maximum Gasteiger partial charge on any atom is 0.407 e. The molecule has 1 amide bonds. The predicted molar refractivity (Wildman–Crippen MR) is 82.3 cm³/mol. The van der Waals surface area contributed by atoms with Crippen LogP contribution in [0.5, 0.6) is 0 Å². The molecule has 1 aromatic rings. The minimum atomic E-state index is -4.53. The first kappa shape index (κ1) is 18.4. The molecule has 0 aliphatic carbocycles. The molecule has 1 rings (SSSR count). The van der Waals surface area contributed by atoms with Gasteiger partial charge in [0.1, 0.15) is 15.7 Å². The smallest absolute Gasteiger partial charge is 0.407 e. The lowest BCUT2D eigenvalue weighted by atomic mass is 10.1. The van der Waals surface area contributed by atoms with E-state index in [1.807, 2.05) is 0 Å². The highest BCUT2D eigenvalue weighted by molar-refractivity contribution is 7.86. The maximum absolute atomic E-state index is 11.7. The Morgan fingerprint density at radius 1 is 1.27 bits per heavy atom. The summed E-state index contributed by atoms with van der Waals surface area (Å²) >= 11 is 0. The molecule has 124 valence electrons. The number of alkyl carbamates (subject to hydrolysis) is 1. The van der Waals surface area contributed by atoms with E-state index in [1.54, 1.807) is 58.0 Å². The number of amides is 1. The second-order valence-corrected chi connectivity index (χ2v) is 7.73. The molecule has 0 fully saturated rings. The van der Waals surface area contributed by atoms with E-state index in [4.69, 9.17) is 4.74 Å². The fraction of sp³-hybridized carbons (Fsp3) is 0.533. The molecule has 0 aliphatic heterocycles. The highest BCUT2D eigenvalue weighted by atomic mass is 32.2. The molecule has 0 spiro atoms. The summed E-state index contributed by atoms with van der Waals surface area (Å²) in [6.45, 7) is 6.81. The van der Waals surface area contributed by atoms with Crippen molar-refractivity contribution in [3.63, 3.8) is 0 Å². The van der Waals surface area contributed by atoms with Gasteiger partial charge in [0.15, 0.2) is 0 Å². The summed E-state index contributed by atoms with van der Waals surface area (Å²) in [6, 6.07) is 7.71. The Balaban J connectivity index is 2.78. The molecule has 0 saturated heterocycles. The van der Waals surface area contributed by atoms with Gasteiger partial charge in [0.05, 0.1) is 5.25 Å². The Morgan fingerprint density at radius 2 is 1.82 bits per heavy atom. The van der Waals surface area contributed by atoms with Crippen LogP contribution in [0.25, 0.3) is 0 Å². The van der Waals surface area contributed by atoms with Gasteiger partial charge in [-0.05, 0) is 39.7 Å². The number of ether oxygens (including phenoxy) is 1. The van der Waals surface area contributed by atoms with Crippen molar-refractivity contribution >= 4 is 16.2 Å². The van der Waals surface area contributed by atoms with E-state index in [0.29, 0.717) is 5.56 Å². The molecule has 1 aromatic carbocycles. The summed E-state index contributed by atoms with van der Waals surface area (Å²) in [4.78, 5) is 11.7. The monoisotopic (exact) mass is 328 g/mol. The first-order valence-corrected chi connectivity index (χ1v) is 8.45. The molecule has 22 heavy (non-hydrogen) atoms. The number of rotatable bonds is 5. The average molecular weight is 328 g/mol. The number of hydrogen-bond donors (Lipinski definition) is 1. The molecule has 0 unspecified atom stereocenters. The molecule has 0 aromatic heterocycles. The summed E-state index contributed by atoms with van der Waals surface area (Å²) in [6.07, 6.45) is -0.662. The minimum absolute atomic E-state index is 0.0188. The Hall–Kier alpha value is -1.60. The van der Waals surface area contributed by atoms with Gasteiger partial charge < -0.3 is 14.6 Å². The van der Waals surface area contributed by atoms with E-state index in [0.717, 1.165) is 0 Å². The van der Waals surface area contributed by atoms with E-state index >= 15 is 0 Å². The molecule has 1 N–H and O–H groups in total. The lowest BCUT2D eigenvalue weighted by Gasteiger charge is -2.26. The van der Waals surface area contributed by atoms with E-state index in [2.05, 4.69) is 5.32 Å². The van der Waals surface area contributed by atoms with Crippen LogP contribution in [0.2, 0.25) is 0 Å². The number of carbonyl (C=O) groups excluding carboxylic acids is 1. The van der Waals surface area contributed by atoms with Crippen molar-refractivity contribution < 1.29 is 22.5 Å². The van der Waals surface area contributed by atoms with Gasteiger partial charge in [-0.1, -0.05) is 30.3 Å². The maximum atomic E-state index is 11.7. The molecule has 0 bridgehead atoms. The molecular weight excluding hydrogens is 306 g/mol. The van der Waals surface area contributed by atoms with Crippen LogP contribution in [-0.4, -0.2) is 30.7 Å². The topological polar surface area (TPSA) is 95.5 Å². The van der Waals surface area contributed by atoms with E-state index in [-0.39, 0.29) is 6.42 Å². The van der Waals surface area contributed by atoms with E-state index in [9.17, 15) is 17.8 Å². The van der Waals surface area contributed by atoms with Gasteiger partial charge in [0.2, 0.25) is 0 Å². The van der Waals surface area contributed by atoms with Gasteiger partial charge in [-0.15, -0.1) is 0 Å². The zero-order valence-electron chi connectivity index (χ0n) is 13.2. The van der Waals surface area contributed by atoms with Gasteiger partial charge in [0, 0.05) is 6.04 Å². The first-order chi connectivity index (χ1) is 9.99. The third-order valence-corrected chi connectivity index (χ3v) is 4.01. The van der Waals surface area contributed by atoms with Crippen LogP contribution >= 0.6 is 0 Å². The van der Waals surface area contributed by atoms with Crippen molar-refractivity contribution in [2.45, 2.75) is 51.0 Å². The summed E-state index contributed by atoms with van der Waals surface area (Å²) in [5, 5.41) is 1.33. The number of benzene rings is 1. The second-order valence-electron chi connectivity index (χ2n) is 6.18. The molecule has 0 aliphatic rings. The summed E-state index contributed by atoms with van der Waals surface area (Å²) in [7, 11) is -4.53. The quantitative estimate of drug-likeness (QED) is 0.838. The van der Waals surface area contributed by atoms with Gasteiger partial charge in [-0.25, -0.2) is 13.2 Å². The van der Waals surface area contributed by atoms with Crippen molar-refractivity contribution in [1.82, 2.24) is 5.32 Å². The number of nitrogens with one attached hydrogen (secondary N) is 1. The van der Waals surface area contributed by atoms with Crippen LogP contribution in [0.15, 0.2) is 30.3 Å². The van der Waals surface area contributed by atoms with Crippen molar-refractivity contribution in [2.75, 3.05) is 0 Å².